The van der Waals surface area contributed by atoms with E-state index in [1.54, 1.807) is 12.4 Å². The van der Waals surface area contributed by atoms with Gasteiger partial charge in [0.15, 0.2) is 0 Å². The van der Waals surface area contributed by atoms with Gasteiger partial charge < -0.3 is 10.2 Å². The summed E-state index contributed by atoms with van der Waals surface area (Å²) in [6, 6.07) is 0.569. The van der Waals surface area contributed by atoms with Gasteiger partial charge in [0.25, 0.3) is 0 Å². The molecule has 1 saturated heterocycles. The number of halogens is 1. The Kier molecular flexibility index (Phi) is 2.33. The van der Waals surface area contributed by atoms with E-state index < -0.39 is 0 Å². The molecule has 2 heterocycles. The first-order chi connectivity index (χ1) is 6.29. The van der Waals surface area contributed by atoms with Crippen LogP contribution in [0.25, 0.3) is 0 Å². The fourth-order valence-corrected chi connectivity index (χ4v) is 1.39. The van der Waals surface area contributed by atoms with E-state index >= 15 is 0 Å². The molecule has 1 fully saturated rings. The Bertz CT molecular complexity index is 281. The van der Waals surface area contributed by atoms with Crippen LogP contribution in [0.4, 0.5) is 5.95 Å². The maximum Gasteiger partial charge on any atom is 0.225 e. The average Bonchev–Trinajstić information content (AvgIpc) is 2.06. The Morgan fingerprint density at radius 3 is 2.62 bits per heavy atom. The van der Waals surface area contributed by atoms with Crippen LogP contribution in [0, 0.1) is 0 Å². The van der Waals surface area contributed by atoms with Gasteiger partial charge in [0, 0.05) is 19.1 Å². The van der Waals surface area contributed by atoms with Crippen molar-refractivity contribution in [1.82, 2.24) is 15.3 Å². The molecule has 0 atom stereocenters. The minimum atomic E-state index is 0.569. The Balaban J connectivity index is 1.99. The summed E-state index contributed by atoms with van der Waals surface area (Å²) in [5.41, 5.74) is 0. The average molecular weight is 199 g/mol. The molecule has 0 spiro atoms. The number of nitrogens with one attached hydrogen (secondary N) is 1. The molecule has 0 unspecified atom stereocenters. The van der Waals surface area contributed by atoms with Gasteiger partial charge in [-0.15, -0.1) is 0 Å². The molecule has 1 aliphatic rings. The summed E-state index contributed by atoms with van der Waals surface area (Å²) in [5.74, 6) is 0.760. The lowest BCUT2D eigenvalue weighted by atomic mass is 10.1. The van der Waals surface area contributed by atoms with Gasteiger partial charge in [-0.3, -0.25) is 0 Å². The second-order valence-electron chi connectivity index (χ2n) is 3.09. The molecule has 1 aromatic rings. The third-order valence-corrected chi connectivity index (χ3v) is 2.37. The fourth-order valence-electron chi connectivity index (χ4n) is 1.29. The van der Waals surface area contributed by atoms with Crippen molar-refractivity contribution >= 4 is 17.5 Å². The van der Waals surface area contributed by atoms with Crippen LogP contribution in [0.2, 0.25) is 5.02 Å². The van der Waals surface area contributed by atoms with Gasteiger partial charge >= 0.3 is 0 Å². The van der Waals surface area contributed by atoms with E-state index in [1.165, 1.54) is 0 Å². The van der Waals surface area contributed by atoms with Crippen molar-refractivity contribution < 1.29 is 0 Å². The molecule has 0 aliphatic carbocycles. The van der Waals surface area contributed by atoms with E-state index in [2.05, 4.69) is 20.2 Å². The van der Waals surface area contributed by atoms with Gasteiger partial charge in [-0.25, -0.2) is 9.97 Å². The topological polar surface area (TPSA) is 41.0 Å². The van der Waals surface area contributed by atoms with Gasteiger partial charge in [0.1, 0.15) is 0 Å². The zero-order valence-corrected chi connectivity index (χ0v) is 8.12. The molecule has 0 aromatic carbocycles. The molecule has 0 saturated carbocycles. The second-order valence-corrected chi connectivity index (χ2v) is 3.53. The van der Waals surface area contributed by atoms with Crippen molar-refractivity contribution in [1.29, 1.82) is 0 Å². The summed E-state index contributed by atoms with van der Waals surface area (Å²) in [4.78, 5) is 10.4. The smallest absolute Gasteiger partial charge is 0.225 e. The molecule has 5 heteroatoms. The SMILES string of the molecule is CNC1CN(c2ncc(Cl)cn2)C1. The molecule has 0 amide bonds. The largest absolute Gasteiger partial charge is 0.338 e. The molecular formula is C8H11ClN4. The second kappa shape index (κ2) is 3.47. The molecule has 1 aliphatic heterocycles. The van der Waals surface area contributed by atoms with Gasteiger partial charge in [0.05, 0.1) is 17.4 Å². The van der Waals surface area contributed by atoms with Crippen LogP contribution in [0.3, 0.4) is 0 Å². The highest BCUT2D eigenvalue weighted by Gasteiger charge is 2.26. The van der Waals surface area contributed by atoms with Gasteiger partial charge in [0.2, 0.25) is 5.95 Å². The van der Waals surface area contributed by atoms with Gasteiger partial charge in [-0.05, 0) is 7.05 Å². The maximum atomic E-state index is 5.68. The van der Waals surface area contributed by atoms with Gasteiger partial charge in [-0.1, -0.05) is 11.6 Å². The Hall–Kier alpha value is -0.870. The molecule has 70 valence electrons. The Labute approximate surface area is 81.9 Å². The normalized spacial score (nSPS) is 17.2. The number of likely N-dealkylation sites (N-methyl/N-ethyl adjacent to an activating group) is 1. The summed E-state index contributed by atoms with van der Waals surface area (Å²) >= 11 is 5.68. The molecule has 2 rings (SSSR count). The summed E-state index contributed by atoms with van der Waals surface area (Å²) in [7, 11) is 1.96. The van der Waals surface area contributed by atoms with Crippen molar-refractivity contribution in [2.45, 2.75) is 6.04 Å². The first-order valence-electron chi connectivity index (χ1n) is 4.19. The monoisotopic (exact) mass is 198 g/mol. The minimum absolute atomic E-state index is 0.569. The molecule has 13 heavy (non-hydrogen) atoms. The third-order valence-electron chi connectivity index (χ3n) is 2.18. The molecule has 4 nitrogen and oxygen atoms in total. The summed E-state index contributed by atoms with van der Waals surface area (Å²) in [6.45, 7) is 1.94. The molecule has 1 aromatic heterocycles. The number of nitrogens with zero attached hydrogens (tertiary/aromatic N) is 3. The number of hydrogen-bond donors (Lipinski definition) is 1. The summed E-state index contributed by atoms with van der Waals surface area (Å²) in [5, 5.41) is 3.77. The molecule has 1 N–H and O–H groups in total. The zero-order valence-electron chi connectivity index (χ0n) is 7.37. The van der Waals surface area contributed by atoms with E-state index in [0.717, 1.165) is 19.0 Å². The highest BCUT2D eigenvalue weighted by molar-refractivity contribution is 6.30. The number of rotatable bonds is 2. The Morgan fingerprint density at radius 2 is 2.08 bits per heavy atom. The number of hydrogen-bond acceptors (Lipinski definition) is 4. The van der Waals surface area contributed by atoms with E-state index in [0.29, 0.717) is 11.1 Å². The lowest BCUT2D eigenvalue weighted by Crippen LogP contribution is -2.57. The van der Waals surface area contributed by atoms with Crippen molar-refractivity contribution in [2.24, 2.45) is 0 Å². The van der Waals surface area contributed by atoms with Crippen molar-refractivity contribution in [3.8, 4) is 0 Å². The van der Waals surface area contributed by atoms with Crippen LogP contribution in [-0.4, -0.2) is 36.1 Å². The molecule has 0 bridgehead atoms. The number of aromatic nitrogens is 2. The minimum Gasteiger partial charge on any atom is -0.338 e. The Morgan fingerprint density at radius 1 is 1.46 bits per heavy atom. The zero-order chi connectivity index (χ0) is 9.26. The lowest BCUT2D eigenvalue weighted by Gasteiger charge is -2.38. The number of anilines is 1. The van der Waals surface area contributed by atoms with Gasteiger partial charge in [-0.2, -0.15) is 0 Å². The third kappa shape index (κ3) is 1.73. The van der Waals surface area contributed by atoms with E-state index in [-0.39, 0.29) is 0 Å². The first kappa shape index (κ1) is 8.72. The van der Waals surface area contributed by atoms with E-state index in [4.69, 9.17) is 11.6 Å². The van der Waals surface area contributed by atoms with Crippen LogP contribution in [0.1, 0.15) is 0 Å². The molecule has 0 radical (unpaired) electrons. The van der Waals surface area contributed by atoms with Crippen LogP contribution >= 0.6 is 11.6 Å². The maximum absolute atomic E-state index is 5.68. The predicted octanol–water partition coefficient (Wildman–Crippen LogP) is 0.538. The highest BCUT2D eigenvalue weighted by atomic mass is 35.5. The van der Waals surface area contributed by atoms with Crippen LogP contribution < -0.4 is 10.2 Å². The van der Waals surface area contributed by atoms with E-state index in [9.17, 15) is 0 Å². The van der Waals surface area contributed by atoms with E-state index in [1.807, 2.05) is 7.05 Å². The van der Waals surface area contributed by atoms with Crippen molar-refractivity contribution in [3.63, 3.8) is 0 Å². The standard InChI is InChI=1S/C8H11ClN4/c1-10-7-4-13(5-7)8-11-2-6(9)3-12-8/h2-3,7,10H,4-5H2,1H3. The first-order valence-corrected chi connectivity index (χ1v) is 4.57. The van der Waals surface area contributed by atoms with Crippen molar-refractivity contribution in [2.75, 3.05) is 25.0 Å². The summed E-state index contributed by atoms with van der Waals surface area (Å²) < 4.78 is 0. The van der Waals surface area contributed by atoms with Crippen LogP contribution in [-0.2, 0) is 0 Å². The lowest BCUT2D eigenvalue weighted by molar-refractivity contribution is 0.443. The van der Waals surface area contributed by atoms with Crippen molar-refractivity contribution in [3.05, 3.63) is 17.4 Å². The predicted molar refractivity (Wildman–Crippen MR) is 52.1 cm³/mol. The summed E-state index contributed by atoms with van der Waals surface area (Å²) in [6.07, 6.45) is 3.24. The van der Waals surface area contributed by atoms with Crippen LogP contribution in [0.5, 0.6) is 0 Å². The molecular weight excluding hydrogens is 188 g/mol. The van der Waals surface area contributed by atoms with Crippen LogP contribution in [0.15, 0.2) is 12.4 Å². The highest BCUT2D eigenvalue weighted by Crippen LogP contribution is 2.16. The quantitative estimate of drug-likeness (QED) is 0.753. The fraction of sp³-hybridized carbons (Fsp3) is 0.500.